The van der Waals surface area contributed by atoms with Gasteiger partial charge in [0.15, 0.2) is 0 Å². The van der Waals surface area contributed by atoms with Crippen molar-refractivity contribution in [3.63, 3.8) is 0 Å². The number of halogens is 1. The molecule has 1 unspecified atom stereocenters. The van der Waals surface area contributed by atoms with Gasteiger partial charge in [0.2, 0.25) is 5.79 Å². The molecule has 3 aromatic rings. The van der Waals surface area contributed by atoms with Crippen molar-refractivity contribution >= 4 is 22.9 Å². The number of benzene rings is 3. The number of nitrogens with one attached hydrogen (secondary N) is 1. The summed E-state index contributed by atoms with van der Waals surface area (Å²) in [6.45, 7) is 4.61. The fraction of sp³-hybridized carbons (Fsp3) is 0.310. The van der Waals surface area contributed by atoms with Gasteiger partial charge in [-0.2, -0.15) is 0 Å². The van der Waals surface area contributed by atoms with Crippen molar-refractivity contribution in [2.24, 2.45) is 0 Å². The number of hydrogen-bond acceptors (Lipinski definition) is 4. The molecule has 4 nitrogen and oxygen atoms in total. The minimum Gasteiger partial charge on any atom is -0.382 e. The normalized spacial score (nSPS) is 25.6. The van der Waals surface area contributed by atoms with E-state index < -0.39 is 5.79 Å². The number of anilines is 1. The molecule has 5 heteroatoms. The maximum Gasteiger partial charge on any atom is 0.201 e. The highest BCUT2D eigenvalue weighted by Gasteiger charge is 2.43. The smallest absolute Gasteiger partial charge is 0.201 e. The zero-order valence-electron chi connectivity index (χ0n) is 19.1. The van der Waals surface area contributed by atoms with Crippen molar-refractivity contribution in [3.05, 3.63) is 95.0 Å². The Balaban J connectivity index is 1.03. The summed E-state index contributed by atoms with van der Waals surface area (Å²) in [7, 11) is 0. The lowest BCUT2D eigenvalue weighted by molar-refractivity contribution is -0.483. The lowest BCUT2D eigenvalue weighted by Gasteiger charge is -2.43. The molecule has 3 aliphatic rings. The Morgan fingerprint density at radius 2 is 1.71 bits per heavy atom. The third-order valence-electron chi connectivity index (χ3n) is 7.33. The second kappa shape index (κ2) is 8.86. The Morgan fingerprint density at radius 1 is 0.941 bits per heavy atom. The summed E-state index contributed by atoms with van der Waals surface area (Å²) in [4.78, 5) is 11.6. The predicted molar refractivity (Wildman–Crippen MR) is 136 cm³/mol. The van der Waals surface area contributed by atoms with Gasteiger partial charge in [-0.1, -0.05) is 60.6 Å². The molecule has 1 saturated heterocycles. The Kier molecular flexibility index (Phi) is 5.70. The molecule has 1 N–H and O–H groups in total. The van der Waals surface area contributed by atoms with E-state index in [9.17, 15) is 0 Å². The van der Waals surface area contributed by atoms with Crippen LogP contribution in [0.1, 0.15) is 42.4 Å². The molecule has 0 amide bonds. The molecule has 0 radical (unpaired) electrons. The number of rotatable bonds is 4. The van der Waals surface area contributed by atoms with Crippen LogP contribution in [-0.2, 0) is 20.9 Å². The van der Waals surface area contributed by atoms with Crippen LogP contribution in [0.25, 0.3) is 16.7 Å². The van der Waals surface area contributed by atoms with Gasteiger partial charge in [-0.15, -0.1) is 0 Å². The quantitative estimate of drug-likeness (QED) is 0.323. The van der Waals surface area contributed by atoms with Gasteiger partial charge in [0.05, 0.1) is 6.61 Å². The molecule has 2 fully saturated rings. The van der Waals surface area contributed by atoms with E-state index in [0.717, 1.165) is 43.2 Å². The average molecular weight is 474 g/mol. The van der Waals surface area contributed by atoms with Crippen LogP contribution in [0.15, 0.2) is 73.3 Å². The summed E-state index contributed by atoms with van der Waals surface area (Å²) in [5.41, 5.74) is 8.54. The van der Waals surface area contributed by atoms with Crippen molar-refractivity contribution in [1.29, 1.82) is 0 Å². The summed E-state index contributed by atoms with van der Waals surface area (Å²) >= 11 is 5.99. The van der Waals surface area contributed by atoms with Crippen LogP contribution < -0.4 is 5.32 Å². The van der Waals surface area contributed by atoms with Gasteiger partial charge in [0, 0.05) is 29.6 Å². The Hall–Kier alpha value is -2.63. The lowest BCUT2D eigenvalue weighted by atomic mass is 9.89. The second-order valence-corrected chi connectivity index (χ2v) is 9.98. The molecule has 1 spiro atoms. The van der Waals surface area contributed by atoms with Crippen molar-refractivity contribution < 1.29 is 14.5 Å². The van der Waals surface area contributed by atoms with Gasteiger partial charge in [-0.3, -0.25) is 0 Å². The molecule has 1 atom stereocenters. The van der Waals surface area contributed by atoms with E-state index in [2.05, 4.69) is 54.4 Å². The minimum absolute atomic E-state index is 0.321. The van der Waals surface area contributed by atoms with Gasteiger partial charge < -0.3 is 10.1 Å². The van der Waals surface area contributed by atoms with E-state index in [1.165, 1.54) is 27.9 Å². The van der Waals surface area contributed by atoms with Gasteiger partial charge in [0.25, 0.3) is 0 Å². The van der Waals surface area contributed by atoms with Crippen LogP contribution in [0, 0.1) is 0 Å². The van der Waals surface area contributed by atoms with E-state index in [1.54, 1.807) is 0 Å². The highest BCUT2D eigenvalue weighted by molar-refractivity contribution is 6.30. The molecular formula is C29H28ClNO3. The number of hydrogen-bond donors (Lipinski definition) is 1. The highest BCUT2D eigenvalue weighted by atomic mass is 35.5. The van der Waals surface area contributed by atoms with Gasteiger partial charge >= 0.3 is 0 Å². The van der Waals surface area contributed by atoms with E-state index in [-0.39, 0.29) is 6.10 Å². The molecule has 0 aromatic heterocycles. The highest BCUT2D eigenvalue weighted by Crippen LogP contribution is 2.40. The van der Waals surface area contributed by atoms with E-state index in [1.807, 2.05) is 24.3 Å². The monoisotopic (exact) mass is 473 g/mol. The average Bonchev–Trinajstić information content (AvgIpc) is 3.24. The van der Waals surface area contributed by atoms with Crippen LogP contribution in [0.2, 0.25) is 5.02 Å². The SMILES string of the molecule is C=C(c1ccc(Cl)cc1)C1COC2(CCC(Nc3ccc4c(c3)Cc3ccccc3-4)CC2)OO1. The Morgan fingerprint density at radius 3 is 2.47 bits per heavy atom. The van der Waals surface area contributed by atoms with Crippen LogP contribution in [0.3, 0.4) is 0 Å². The molecule has 174 valence electrons. The van der Waals surface area contributed by atoms with Crippen molar-refractivity contribution in [2.45, 2.75) is 50.0 Å². The molecule has 34 heavy (non-hydrogen) atoms. The zero-order chi connectivity index (χ0) is 23.1. The van der Waals surface area contributed by atoms with Crippen molar-refractivity contribution in [3.8, 4) is 11.1 Å². The van der Waals surface area contributed by atoms with Crippen molar-refractivity contribution in [2.75, 3.05) is 11.9 Å². The van der Waals surface area contributed by atoms with E-state index in [0.29, 0.717) is 17.7 Å². The van der Waals surface area contributed by atoms with Gasteiger partial charge in [-0.05, 0) is 76.9 Å². The largest absolute Gasteiger partial charge is 0.382 e. The summed E-state index contributed by atoms with van der Waals surface area (Å²) in [5.74, 6) is -0.658. The van der Waals surface area contributed by atoms with Crippen LogP contribution in [0.4, 0.5) is 5.69 Å². The summed E-state index contributed by atoms with van der Waals surface area (Å²) < 4.78 is 6.22. The summed E-state index contributed by atoms with van der Waals surface area (Å²) in [6.07, 6.45) is 4.20. The molecular weight excluding hydrogens is 446 g/mol. The fourth-order valence-corrected chi connectivity index (χ4v) is 5.46. The van der Waals surface area contributed by atoms with Gasteiger partial charge in [0.1, 0.15) is 6.10 Å². The maximum absolute atomic E-state index is 6.22. The molecule has 1 heterocycles. The predicted octanol–water partition coefficient (Wildman–Crippen LogP) is 7.02. The Labute approximate surface area is 205 Å². The molecule has 3 aromatic carbocycles. The standard InChI is InChI=1S/C29H28ClNO3/c1-19(20-6-8-23(30)9-7-20)28-18-32-29(34-33-28)14-12-24(13-15-29)31-25-10-11-27-22(17-25)16-21-4-2-3-5-26(21)27/h2-11,17,24,28,31H,1,12-16,18H2. The minimum atomic E-state index is -0.658. The lowest BCUT2D eigenvalue weighted by Crippen LogP contribution is -2.49. The van der Waals surface area contributed by atoms with Gasteiger partial charge in [-0.25, -0.2) is 9.78 Å². The van der Waals surface area contributed by atoms with Crippen molar-refractivity contribution in [1.82, 2.24) is 0 Å². The summed E-state index contributed by atoms with van der Waals surface area (Å²) in [6, 6.07) is 23.4. The molecule has 1 saturated carbocycles. The molecule has 2 aliphatic carbocycles. The third-order valence-corrected chi connectivity index (χ3v) is 7.58. The first-order chi connectivity index (χ1) is 16.6. The first kappa shape index (κ1) is 21.9. The number of fused-ring (bicyclic) bond motifs is 3. The molecule has 6 rings (SSSR count). The van der Waals surface area contributed by atoms with Crippen LogP contribution in [-0.4, -0.2) is 24.5 Å². The second-order valence-electron chi connectivity index (χ2n) is 9.55. The number of ether oxygens (including phenoxy) is 1. The Bertz CT molecular complexity index is 1200. The van der Waals surface area contributed by atoms with E-state index >= 15 is 0 Å². The third kappa shape index (κ3) is 4.16. The van der Waals surface area contributed by atoms with Crippen LogP contribution >= 0.6 is 11.6 Å². The topological polar surface area (TPSA) is 39.7 Å². The fourth-order valence-electron chi connectivity index (χ4n) is 5.33. The van der Waals surface area contributed by atoms with E-state index in [4.69, 9.17) is 26.1 Å². The first-order valence-corrected chi connectivity index (χ1v) is 12.4. The summed E-state index contributed by atoms with van der Waals surface area (Å²) in [5, 5.41) is 4.43. The molecule has 1 aliphatic heterocycles. The van der Waals surface area contributed by atoms with Crippen LogP contribution in [0.5, 0.6) is 0 Å². The molecule has 0 bridgehead atoms. The maximum atomic E-state index is 6.22. The zero-order valence-corrected chi connectivity index (χ0v) is 19.8. The first-order valence-electron chi connectivity index (χ1n) is 12.0.